The molecule has 0 aliphatic carbocycles. The highest BCUT2D eigenvalue weighted by Gasteiger charge is 2.14. The van der Waals surface area contributed by atoms with Crippen LogP contribution in [0.15, 0.2) is 30.5 Å². The first-order valence-corrected chi connectivity index (χ1v) is 5.92. The number of hydrogen-bond donors (Lipinski definition) is 2. The Balaban J connectivity index is 2.24. The van der Waals surface area contributed by atoms with Crippen molar-refractivity contribution in [2.75, 3.05) is 5.32 Å². The molecule has 0 bridgehead atoms. The molecule has 20 heavy (non-hydrogen) atoms. The predicted molar refractivity (Wildman–Crippen MR) is 71.7 cm³/mol. The van der Waals surface area contributed by atoms with Gasteiger partial charge in [-0.1, -0.05) is 11.6 Å². The van der Waals surface area contributed by atoms with Crippen molar-refractivity contribution >= 4 is 29.2 Å². The molecule has 0 saturated heterocycles. The average Bonchev–Trinajstić information content (AvgIpc) is 2.70. The Kier molecular flexibility index (Phi) is 3.76. The lowest BCUT2D eigenvalue weighted by Crippen LogP contribution is -2.16. The molecule has 2 aromatic rings. The molecule has 7 heteroatoms. The Morgan fingerprint density at radius 3 is 2.55 bits per heavy atom. The van der Waals surface area contributed by atoms with Crippen LogP contribution >= 0.6 is 11.6 Å². The van der Waals surface area contributed by atoms with Crippen LogP contribution in [0, 0.1) is 5.82 Å². The highest BCUT2D eigenvalue weighted by Crippen LogP contribution is 2.18. The van der Waals surface area contributed by atoms with Gasteiger partial charge in [0.25, 0.3) is 5.91 Å². The molecular weight excluding hydrogens is 287 g/mol. The number of aromatic nitrogens is 1. The zero-order valence-corrected chi connectivity index (χ0v) is 11.1. The van der Waals surface area contributed by atoms with E-state index >= 15 is 0 Å². The van der Waals surface area contributed by atoms with Crippen molar-refractivity contribution in [1.82, 2.24) is 4.57 Å². The first-order valence-electron chi connectivity index (χ1n) is 5.54. The van der Waals surface area contributed by atoms with E-state index in [0.29, 0.717) is 5.02 Å². The molecule has 0 saturated carbocycles. The molecule has 1 aromatic carbocycles. The van der Waals surface area contributed by atoms with Crippen molar-refractivity contribution in [2.45, 2.75) is 0 Å². The van der Waals surface area contributed by atoms with Gasteiger partial charge in [0, 0.05) is 13.2 Å². The number of anilines is 1. The van der Waals surface area contributed by atoms with Gasteiger partial charge in [0.1, 0.15) is 11.5 Å². The number of carboxylic acids is 1. The van der Waals surface area contributed by atoms with Crippen molar-refractivity contribution < 1.29 is 19.1 Å². The Labute approximate surface area is 118 Å². The van der Waals surface area contributed by atoms with E-state index in [1.165, 1.54) is 22.8 Å². The summed E-state index contributed by atoms with van der Waals surface area (Å²) in [5, 5.41) is 11.5. The standard InChI is InChI=1S/C13H10ClFN2O3/c1-17-6-8(14)5-11(17)12(18)16-10-3-2-7(13(19)20)4-9(10)15/h2-6H,1H3,(H,16,18)(H,19,20). The third kappa shape index (κ3) is 2.80. The lowest BCUT2D eigenvalue weighted by atomic mass is 10.2. The van der Waals surface area contributed by atoms with E-state index in [0.717, 1.165) is 6.07 Å². The third-order valence-corrected chi connectivity index (χ3v) is 2.88. The van der Waals surface area contributed by atoms with Crippen molar-refractivity contribution in [3.63, 3.8) is 0 Å². The smallest absolute Gasteiger partial charge is 0.335 e. The molecule has 0 unspecified atom stereocenters. The minimum absolute atomic E-state index is 0.0997. The molecule has 0 radical (unpaired) electrons. The summed E-state index contributed by atoms with van der Waals surface area (Å²) in [6, 6.07) is 4.69. The summed E-state index contributed by atoms with van der Waals surface area (Å²) in [6.07, 6.45) is 1.54. The minimum Gasteiger partial charge on any atom is -0.478 e. The normalized spacial score (nSPS) is 10.3. The van der Waals surface area contributed by atoms with E-state index in [1.807, 2.05) is 0 Å². The molecule has 1 amide bonds. The fourth-order valence-electron chi connectivity index (χ4n) is 1.69. The van der Waals surface area contributed by atoms with Gasteiger partial charge in [-0.05, 0) is 24.3 Å². The number of aromatic carboxylic acids is 1. The second-order valence-electron chi connectivity index (χ2n) is 4.11. The van der Waals surface area contributed by atoms with Gasteiger partial charge in [0.05, 0.1) is 16.3 Å². The first kappa shape index (κ1) is 14.1. The van der Waals surface area contributed by atoms with Crippen LogP contribution in [0.25, 0.3) is 0 Å². The van der Waals surface area contributed by atoms with E-state index in [1.54, 1.807) is 13.2 Å². The van der Waals surface area contributed by atoms with Crippen LogP contribution in [0.3, 0.4) is 0 Å². The average molecular weight is 297 g/mol. The van der Waals surface area contributed by atoms with Crippen molar-refractivity contribution in [2.24, 2.45) is 7.05 Å². The number of amides is 1. The van der Waals surface area contributed by atoms with Crippen LogP contribution in [0.1, 0.15) is 20.8 Å². The minimum atomic E-state index is -1.24. The second-order valence-corrected chi connectivity index (χ2v) is 4.54. The molecule has 0 aliphatic heterocycles. The summed E-state index contributed by atoms with van der Waals surface area (Å²) in [5.41, 5.74) is -0.0311. The number of halogens is 2. The largest absolute Gasteiger partial charge is 0.478 e. The molecule has 0 spiro atoms. The van der Waals surface area contributed by atoms with Crippen LogP contribution in [0.5, 0.6) is 0 Å². The van der Waals surface area contributed by atoms with E-state index in [9.17, 15) is 14.0 Å². The summed E-state index contributed by atoms with van der Waals surface area (Å²) in [4.78, 5) is 22.6. The van der Waals surface area contributed by atoms with Gasteiger partial charge in [-0.2, -0.15) is 0 Å². The molecule has 1 aromatic heterocycles. The molecule has 0 fully saturated rings. The molecule has 0 aliphatic rings. The number of aryl methyl sites for hydroxylation is 1. The fourth-order valence-corrected chi connectivity index (χ4v) is 1.94. The molecule has 2 rings (SSSR count). The van der Waals surface area contributed by atoms with E-state index in [2.05, 4.69) is 5.32 Å². The van der Waals surface area contributed by atoms with Gasteiger partial charge >= 0.3 is 5.97 Å². The SMILES string of the molecule is Cn1cc(Cl)cc1C(=O)Nc1ccc(C(=O)O)cc1F. The zero-order valence-electron chi connectivity index (χ0n) is 10.4. The Hall–Kier alpha value is -2.34. The first-order chi connectivity index (χ1) is 9.38. The van der Waals surface area contributed by atoms with E-state index in [-0.39, 0.29) is 16.9 Å². The maximum absolute atomic E-state index is 13.7. The van der Waals surface area contributed by atoms with Gasteiger partial charge < -0.3 is 15.0 Å². The number of nitrogens with zero attached hydrogens (tertiary/aromatic N) is 1. The highest BCUT2D eigenvalue weighted by atomic mass is 35.5. The van der Waals surface area contributed by atoms with Crippen LogP contribution in [0.4, 0.5) is 10.1 Å². The maximum atomic E-state index is 13.7. The Morgan fingerprint density at radius 1 is 1.35 bits per heavy atom. The number of benzene rings is 1. The summed E-state index contributed by atoms with van der Waals surface area (Å²) in [7, 11) is 1.63. The van der Waals surface area contributed by atoms with Gasteiger partial charge in [0.2, 0.25) is 0 Å². The van der Waals surface area contributed by atoms with Crippen LogP contribution in [-0.4, -0.2) is 21.6 Å². The summed E-state index contributed by atoms with van der Waals surface area (Å²) >= 11 is 5.76. The number of nitrogens with one attached hydrogen (secondary N) is 1. The molecule has 2 N–H and O–H groups in total. The molecular formula is C13H10ClFN2O3. The number of rotatable bonds is 3. The molecule has 0 atom stereocenters. The molecule has 104 valence electrons. The van der Waals surface area contributed by atoms with Crippen LogP contribution in [0.2, 0.25) is 5.02 Å². The number of carbonyl (C=O) groups is 2. The van der Waals surface area contributed by atoms with Gasteiger partial charge in [-0.15, -0.1) is 0 Å². The van der Waals surface area contributed by atoms with E-state index < -0.39 is 17.7 Å². The lowest BCUT2D eigenvalue weighted by molar-refractivity contribution is 0.0696. The summed E-state index contributed by atoms with van der Waals surface area (Å²) in [5.74, 6) is -2.60. The Morgan fingerprint density at radius 2 is 2.05 bits per heavy atom. The van der Waals surface area contributed by atoms with Crippen LogP contribution in [-0.2, 0) is 7.05 Å². The summed E-state index contributed by atoms with van der Waals surface area (Å²) < 4.78 is 15.2. The van der Waals surface area contributed by atoms with Gasteiger partial charge in [-0.3, -0.25) is 4.79 Å². The van der Waals surface area contributed by atoms with E-state index in [4.69, 9.17) is 16.7 Å². The van der Waals surface area contributed by atoms with Crippen molar-refractivity contribution in [3.05, 3.63) is 52.6 Å². The number of carbonyl (C=O) groups excluding carboxylic acids is 1. The monoisotopic (exact) mass is 296 g/mol. The predicted octanol–water partition coefficient (Wildman–Crippen LogP) is 2.77. The zero-order chi connectivity index (χ0) is 14.9. The molecule has 1 heterocycles. The molecule has 5 nitrogen and oxygen atoms in total. The van der Waals surface area contributed by atoms with Gasteiger partial charge in [0.15, 0.2) is 0 Å². The van der Waals surface area contributed by atoms with Gasteiger partial charge in [-0.25, -0.2) is 9.18 Å². The van der Waals surface area contributed by atoms with Crippen LogP contribution < -0.4 is 5.32 Å². The maximum Gasteiger partial charge on any atom is 0.335 e. The van der Waals surface area contributed by atoms with Crippen molar-refractivity contribution in [1.29, 1.82) is 0 Å². The lowest BCUT2D eigenvalue weighted by Gasteiger charge is -2.07. The third-order valence-electron chi connectivity index (χ3n) is 2.67. The summed E-state index contributed by atoms with van der Waals surface area (Å²) in [6.45, 7) is 0. The number of hydrogen-bond acceptors (Lipinski definition) is 2. The van der Waals surface area contributed by atoms with Crippen molar-refractivity contribution in [3.8, 4) is 0 Å². The quantitative estimate of drug-likeness (QED) is 0.915. The fraction of sp³-hybridized carbons (Fsp3) is 0.0769. The second kappa shape index (κ2) is 5.34. The Bertz CT molecular complexity index is 697. The number of carboxylic acid groups (broad SMARTS) is 1. The highest BCUT2D eigenvalue weighted by molar-refractivity contribution is 6.31. The topological polar surface area (TPSA) is 71.3 Å².